The van der Waals surface area contributed by atoms with E-state index in [-0.39, 0.29) is 32.7 Å². The van der Waals surface area contributed by atoms with Crippen LogP contribution in [0.25, 0.3) is 0 Å². The van der Waals surface area contributed by atoms with E-state index in [4.69, 9.17) is 5.11 Å². The number of hydrogen-bond acceptors (Lipinski definition) is 1. The van der Waals surface area contributed by atoms with Gasteiger partial charge >= 0.3 is 0 Å². The average Bonchev–Trinajstić information content (AvgIpc) is 1.75. The molecular weight excluding hydrogens is 177 g/mol. The first kappa shape index (κ1) is 16.0. The van der Waals surface area contributed by atoms with Crippen molar-refractivity contribution in [3.05, 3.63) is 6.92 Å². The van der Waals surface area contributed by atoms with Crippen LogP contribution in [-0.2, 0) is 32.7 Å². The molecule has 0 spiro atoms. The number of hydrogen-bond donors (Lipinski definition) is 1. The fourth-order valence-electron chi connectivity index (χ4n) is 0.250. The van der Waals surface area contributed by atoms with Crippen LogP contribution >= 0.6 is 0 Å². The first-order chi connectivity index (χ1) is 3.41. The van der Waals surface area contributed by atoms with Crippen molar-refractivity contribution in [2.24, 2.45) is 0 Å². The van der Waals surface area contributed by atoms with Gasteiger partial charge in [0.2, 0.25) is 0 Å². The van der Waals surface area contributed by atoms with E-state index in [0.29, 0.717) is 0 Å². The van der Waals surface area contributed by atoms with Crippen LogP contribution in [0.5, 0.6) is 0 Å². The molecule has 0 aliphatic carbocycles. The van der Waals surface area contributed by atoms with Crippen LogP contribution in [0.1, 0.15) is 26.2 Å². The summed E-state index contributed by atoms with van der Waals surface area (Å²) in [7, 11) is 1.00. The summed E-state index contributed by atoms with van der Waals surface area (Å²) in [6.45, 7) is 5.85. The van der Waals surface area contributed by atoms with Crippen molar-refractivity contribution in [3.63, 3.8) is 0 Å². The zero-order chi connectivity index (χ0) is 6.12. The predicted octanol–water partition coefficient (Wildman–Crippen LogP) is 1.62. The van der Waals surface area contributed by atoms with E-state index in [9.17, 15) is 0 Å². The molecule has 0 saturated carbocycles. The first-order valence-electron chi connectivity index (χ1n) is 2.65. The van der Waals surface area contributed by atoms with Crippen molar-refractivity contribution < 1.29 is 37.8 Å². The molecule has 0 amide bonds. The molecule has 0 fully saturated rings. The Hall–Kier alpha value is 1.06. The third kappa shape index (κ3) is 27.7. The minimum Gasteiger partial charge on any atom is -0.400 e. The molecule has 1 N–H and O–H groups in total. The Kier molecular flexibility index (Phi) is 48.8. The van der Waals surface area contributed by atoms with Crippen molar-refractivity contribution in [1.29, 1.82) is 0 Å². The largest absolute Gasteiger partial charge is 0.400 e. The molecular formula is C6H15OY-. The maximum Gasteiger partial charge on any atom is 0.0319 e. The van der Waals surface area contributed by atoms with Crippen molar-refractivity contribution in [2.45, 2.75) is 26.2 Å². The molecule has 0 atom stereocenters. The van der Waals surface area contributed by atoms with Gasteiger partial charge < -0.3 is 12.0 Å². The molecule has 49 valence electrons. The summed E-state index contributed by atoms with van der Waals surface area (Å²) in [6, 6.07) is 0. The van der Waals surface area contributed by atoms with Crippen LogP contribution in [0.3, 0.4) is 0 Å². The van der Waals surface area contributed by atoms with Gasteiger partial charge in [0.15, 0.2) is 0 Å². The van der Waals surface area contributed by atoms with Crippen LogP contribution in [-0.4, -0.2) is 12.2 Å². The van der Waals surface area contributed by atoms with Gasteiger partial charge in [-0.05, 0) is 0 Å². The monoisotopic (exact) mass is 192 g/mol. The van der Waals surface area contributed by atoms with Crippen LogP contribution in [0, 0.1) is 6.92 Å². The van der Waals surface area contributed by atoms with Crippen molar-refractivity contribution in [3.8, 4) is 0 Å². The Morgan fingerprint density at radius 1 is 1.38 bits per heavy atom. The summed E-state index contributed by atoms with van der Waals surface area (Å²) >= 11 is 0. The molecule has 1 radical (unpaired) electrons. The van der Waals surface area contributed by atoms with Gasteiger partial charge in [-0.3, -0.25) is 0 Å². The second-order valence-corrected chi connectivity index (χ2v) is 1.21. The average molecular weight is 192 g/mol. The van der Waals surface area contributed by atoms with Gasteiger partial charge in [-0.2, -0.15) is 6.42 Å². The Bertz CT molecular complexity index is 16.0. The Labute approximate surface area is 77.7 Å². The molecule has 0 aromatic rings. The summed E-state index contributed by atoms with van der Waals surface area (Å²) in [6.07, 6.45) is 3.65. The van der Waals surface area contributed by atoms with Crippen molar-refractivity contribution >= 4 is 0 Å². The maximum absolute atomic E-state index is 7.00. The van der Waals surface area contributed by atoms with E-state index in [0.717, 1.165) is 13.5 Å². The molecule has 8 heavy (non-hydrogen) atoms. The smallest absolute Gasteiger partial charge is 0.0319 e. The minimum absolute atomic E-state index is 0. The van der Waals surface area contributed by atoms with E-state index in [2.05, 4.69) is 13.8 Å². The molecule has 1 nitrogen and oxygen atoms in total. The summed E-state index contributed by atoms with van der Waals surface area (Å²) < 4.78 is 0. The standard InChI is InChI=1S/C5H11.CH4O.Y/c1-3-5-4-2;1-2;/h1,3-5H2,2H3;2H,1H3;/q-1;;. The minimum atomic E-state index is 0. The zero-order valence-electron chi connectivity index (χ0n) is 5.85. The number of aliphatic hydroxyl groups excluding tert-OH is 1. The van der Waals surface area contributed by atoms with Crippen LogP contribution in [0.4, 0.5) is 0 Å². The molecule has 0 aromatic carbocycles. The first-order valence-corrected chi connectivity index (χ1v) is 2.65. The van der Waals surface area contributed by atoms with Gasteiger partial charge in [0, 0.05) is 39.8 Å². The van der Waals surface area contributed by atoms with E-state index < -0.39 is 0 Å². The third-order valence-electron chi connectivity index (χ3n) is 0.604. The van der Waals surface area contributed by atoms with E-state index >= 15 is 0 Å². The Morgan fingerprint density at radius 3 is 1.75 bits per heavy atom. The Morgan fingerprint density at radius 2 is 1.75 bits per heavy atom. The molecule has 0 aliphatic heterocycles. The van der Waals surface area contributed by atoms with Crippen LogP contribution < -0.4 is 0 Å². The predicted molar refractivity (Wildman–Crippen MR) is 33.0 cm³/mol. The topological polar surface area (TPSA) is 20.2 Å². The summed E-state index contributed by atoms with van der Waals surface area (Å²) in [5.41, 5.74) is 0. The van der Waals surface area contributed by atoms with Gasteiger partial charge in [-0.25, -0.2) is 0 Å². The van der Waals surface area contributed by atoms with Gasteiger partial charge in [0.05, 0.1) is 0 Å². The second kappa shape index (κ2) is 24.4. The second-order valence-electron chi connectivity index (χ2n) is 1.21. The molecule has 0 aromatic heterocycles. The summed E-state index contributed by atoms with van der Waals surface area (Å²) in [5.74, 6) is 0. The van der Waals surface area contributed by atoms with E-state index in [1.54, 1.807) is 0 Å². The fourth-order valence-corrected chi connectivity index (χ4v) is 0.250. The van der Waals surface area contributed by atoms with Gasteiger partial charge in [0.1, 0.15) is 0 Å². The van der Waals surface area contributed by atoms with Gasteiger partial charge in [-0.1, -0.05) is 19.8 Å². The van der Waals surface area contributed by atoms with Crippen LogP contribution in [0.2, 0.25) is 0 Å². The normalized spacial score (nSPS) is 6.00. The Balaban J connectivity index is -0.0000000750. The number of unbranched alkanes of at least 4 members (excludes halogenated alkanes) is 2. The van der Waals surface area contributed by atoms with E-state index in [1.165, 1.54) is 12.8 Å². The molecule has 0 bridgehead atoms. The SMILES string of the molecule is CO.[CH2-]CCCC.[Y]. The number of rotatable bonds is 2. The molecule has 0 unspecified atom stereocenters. The quantitative estimate of drug-likeness (QED) is 0.659. The van der Waals surface area contributed by atoms with Gasteiger partial charge in [-0.15, -0.1) is 0 Å². The molecule has 0 aliphatic rings. The summed E-state index contributed by atoms with van der Waals surface area (Å²) in [5, 5.41) is 7.00. The molecule has 0 heterocycles. The maximum atomic E-state index is 7.00. The van der Waals surface area contributed by atoms with Crippen LogP contribution in [0.15, 0.2) is 0 Å². The van der Waals surface area contributed by atoms with E-state index in [1.807, 2.05) is 0 Å². The van der Waals surface area contributed by atoms with Crippen molar-refractivity contribution in [2.75, 3.05) is 7.11 Å². The van der Waals surface area contributed by atoms with Crippen molar-refractivity contribution in [1.82, 2.24) is 0 Å². The fraction of sp³-hybridized carbons (Fsp3) is 0.833. The zero-order valence-corrected chi connectivity index (χ0v) is 8.69. The number of aliphatic hydroxyl groups is 1. The third-order valence-corrected chi connectivity index (χ3v) is 0.604. The van der Waals surface area contributed by atoms with Gasteiger partial charge in [0.25, 0.3) is 0 Å². The summed E-state index contributed by atoms with van der Waals surface area (Å²) in [4.78, 5) is 0. The molecule has 0 rings (SSSR count). The molecule has 2 heteroatoms. The molecule has 0 saturated heterocycles.